The molecule has 0 bridgehead atoms. The Morgan fingerprint density at radius 3 is 2.26 bits per heavy atom. The standard InChI is InChI=1S/C20H25N5O4S2.C5H10.C2H6/c1-13(2)14-10-15(29-12-14)11-21-19-20(24-30-23-19)22-16-6-5-7-17(18(16)26)31(27,28)25-8-3-4-9-25;1-2-4-5-3-1;1-2/h5-7,10,12-13,26H,3-4,8-9,11H2,1-2H3,(H,21,23)(H,22,24);1-5H2;1-2H3. The topological polar surface area (TPSA) is 121 Å². The van der Waals surface area contributed by atoms with Gasteiger partial charge in [-0.1, -0.05) is 65.9 Å². The summed E-state index contributed by atoms with van der Waals surface area (Å²) in [6, 6.07) is 6.59. The summed E-state index contributed by atoms with van der Waals surface area (Å²) < 4.78 is 41.2. The van der Waals surface area contributed by atoms with E-state index < -0.39 is 10.0 Å². The predicted octanol–water partition coefficient (Wildman–Crippen LogP) is 7.08. The van der Waals surface area contributed by atoms with Gasteiger partial charge in [0.25, 0.3) is 0 Å². The molecule has 2 aliphatic rings. The number of hydrogen-bond acceptors (Lipinski definition) is 9. The average Bonchev–Trinajstić information content (AvgIpc) is 3.73. The van der Waals surface area contributed by atoms with Crippen LogP contribution in [0.4, 0.5) is 17.3 Å². The summed E-state index contributed by atoms with van der Waals surface area (Å²) in [7, 11) is -3.75. The van der Waals surface area contributed by atoms with Crippen molar-refractivity contribution in [1.82, 2.24) is 13.1 Å². The van der Waals surface area contributed by atoms with Gasteiger partial charge < -0.3 is 20.2 Å². The molecule has 1 aliphatic carbocycles. The summed E-state index contributed by atoms with van der Waals surface area (Å²) >= 11 is 1.00. The fourth-order valence-corrected chi connectivity index (χ4v) is 6.37. The van der Waals surface area contributed by atoms with Crippen LogP contribution < -0.4 is 10.6 Å². The fourth-order valence-electron chi connectivity index (χ4n) is 4.26. The number of nitrogens with zero attached hydrogens (tertiary/aromatic N) is 3. The number of benzene rings is 1. The molecular formula is C27H41N5O4S2. The molecule has 38 heavy (non-hydrogen) atoms. The van der Waals surface area contributed by atoms with E-state index in [-0.39, 0.29) is 16.3 Å². The highest BCUT2D eigenvalue weighted by molar-refractivity contribution is 7.89. The van der Waals surface area contributed by atoms with Crippen LogP contribution in [0.1, 0.15) is 89.9 Å². The second-order valence-electron chi connectivity index (χ2n) is 9.47. The van der Waals surface area contributed by atoms with E-state index in [4.69, 9.17) is 4.42 Å². The van der Waals surface area contributed by atoms with Crippen LogP contribution in [0.15, 0.2) is 39.8 Å². The SMILES string of the molecule is C1CCCC1.CC.CC(C)c1coc(CNc2nsnc2Nc2cccc(S(=O)(=O)N3CCCC3)c2O)c1. The summed E-state index contributed by atoms with van der Waals surface area (Å²) in [5, 5.41) is 16.8. The van der Waals surface area contributed by atoms with Crippen LogP contribution >= 0.6 is 11.7 Å². The molecule has 0 atom stereocenters. The zero-order valence-electron chi connectivity index (χ0n) is 22.9. The number of sulfonamides is 1. The molecule has 0 radical (unpaired) electrons. The average molecular weight is 564 g/mol. The lowest BCUT2D eigenvalue weighted by molar-refractivity contribution is 0.445. The molecule has 1 aliphatic heterocycles. The van der Waals surface area contributed by atoms with Crippen LogP contribution in [0.5, 0.6) is 5.75 Å². The van der Waals surface area contributed by atoms with Gasteiger partial charge in [-0.05, 0) is 42.5 Å². The smallest absolute Gasteiger partial charge is 0.246 e. The van der Waals surface area contributed by atoms with E-state index in [1.165, 1.54) is 42.5 Å². The van der Waals surface area contributed by atoms with Crippen molar-refractivity contribution in [3.8, 4) is 5.75 Å². The number of anilines is 3. The van der Waals surface area contributed by atoms with Crippen molar-refractivity contribution >= 4 is 39.1 Å². The molecule has 1 saturated carbocycles. The summed E-state index contributed by atoms with van der Waals surface area (Å²) in [5.41, 5.74) is 1.36. The van der Waals surface area contributed by atoms with Crippen molar-refractivity contribution in [2.45, 2.75) is 90.0 Å². The molecule has 0 unspecified atom stereocenters. The zero-order chi connectivity index (χ0) is 27.5. The molecule has 2 aromatic heterocycles. The Labute approximate surface area is 231 Å². The van der Waals surface area contributed by atoms with Crippen LogP contribution in [0.3, 0.4) is 0 Å². The first-order valence-corrected chi connectivity index (χ1v) is 15.8. The minimum absolute atomic E-state index is 0.117. The molecule has 3 heterocycles. The number of aromatic nitrogens is 2. The van der Waals surface area contributed by atoms with Crippen LogP contribution in [0, 0.1) is 0 Å². The second-order valence-corrected chi connectivity index (χ2v) is 11.9. The quantitative estimate of drug-likeness (QED) is 0.249. The lowest BCUT2D eigenvalue weighted by Gasteiger charge is -2.17. The van der Waals surface area contributed by atoms with Gasteiger partial charge in [-0.3, -0.25) is 0 Å². The monoisotopic (exact) mass is 563 g/mol. The molecule has 210 valence electrons. The Bertz CT molecular complexity index is 1220. The van der Waals surface area contributed by atoms with Crippen molar-refractivity contribution in [3.05, 3.63) is 41.9 Å². The first-order chi connectivity index (χ1) is 18.4. The van der Waals surface area contributed by atoms with Gasteiger partial charge in [0.2, 0.25) is 10.0 Å². The minimum atomic E-state index is -3.75. The van der Waals surface area contributed by atoms with E-state index in [9.17, 15) is 13.5 Å². The van der Waals surface area contributed by atoms with Gasteiger partial charge in [0.1, 0.15) is 10.7 Å². The molecule has 3 N–H and O–H groups in total. The van der Waals surface area contributed by atoms with Gasteiger partial charge in [-0.2, -0.15) is 13.1 Å². The van der Waals surface area contributed by atoms with Gasteiger partial charge in [-0.25, -0.2) is 8.42 Å². The number of rotatable bonds is 8. The molecular weight excluding hydrogens is 522 g/mol. The van der Waals surface area contributed by atoms with Gasteiger partial charge in [0.15, 0.2) is 17.4 Å². The molecule has 11 heteroatoms. The Kier molecular flexibility index (Phi) is 11.4. The van der Waals surface area contributed by atoms with E-state index >= 15 is 0 Å². The Balaban J connectivity index is 0.000000504. The molecule has 2 fully saturated rings. The maximum Gasteiger partial charge on any atom is 0.246 e. The largest absolute Gasteiger partial charge is 0.504 e. The normalized spacial score (nSPS) is 15.5. The third-order valence-corrected chi connectivity index (χ3v) is 8.90. The molecule has 3 aromatic rings. The summed E-state index contributed by atoms with van der Waals surface area (Å²) in [6.45, 7) is 9.55. The highest BCUT2D eigenvalue weighted by atomic mass is 32.2. The Morgan fingerprint density at radius 1 is 1.03 bits per heavy atom. The van der Waals surface area contributed by atoms with Crippen molar-refractivity contribution < 1.29 is 17.9 Å². The highest BCUT2D eigenvalue weighted by Gasteiger charge is 2.30. The molecule has 1 aromatic carbocycles. The van der Waals surface area contributed by atoms with Crippen molar-refractivity contribution in [3.63, 3.8) is 0 Å². The lowest BCUT2D eigenvalue weighted by atomic mass is 10.1. The highest BCUT2D eigenvalue weighted by Crippen LogP contribution is 2.36. The van der Waals surface area contributed by atoms with Crippen LogP contribution in [0.2, 0.25) is 0 Å². The number of phenols is 1. The van der Waals surface area contributed by atoms with Crippen molar-refractivity contribution in [2.75, 3.05) is 23.7 Å². The molecule has 1 saturated heterocycles. The van der Waals surface area contributed by atoms with Crippen LogP contribution in [0.25, 0.3) is 0 Å². The lowest BCUT2D eigenvalue weighted by Crippen LogP contribution is -2.28. The maximum absolute atomic E-state index is 12.9. The van der Waals surface area contributed by atoms with Crippen LogP contribution in [-0.2, 0) is 16.6 Å². The van der Waals surface area contributed by atoms with Crippen molar-refractivity contribution in [2.24, 2.45) is 0 Å². The van der Waals surface area contributed by atoms with Gasteiger partial charge in [-0.15, -0.1) is 0 Å². The molecule has 0 spiro atoms. The van der Waals surface area contributed by atoms with E-state index in [0.717, 1.165) is 35.9 Å². The molecule has 0 amide bonds. The second kappa shape index (κ2) is 14.5. The number of furan rings is 1. The third kappa shape index (κ3) is 7.70. The predicted molar refractivity (Wildman–Crippen MR) is 154 cm³/mol. The fraction of sp³-hybridized carbons (Fsp3) is 0.556. The van der Waals surface area contributed by atoms with E-state index in [1.807, 2.05) is 19.9 Å². The zero-order valence-corrected chi connectivity index (χ0v) is 24.5. The number of hydrogen-bond donors (Lipinski definition) is 3. The van der Waals surface area contributed by atoms with E-state index in [2.05, 4.69) is 33.2 Å². The number of aromatic hydroxyl groups is 1. The van der Waals surface area contributed by atoms with Crippen LogP contribution in [-0.4, -0.2) is 39.7 Å². The van der Waals surface area contributed by atoms with Gasteiger partial charge >= 0.3 is 0 Å². The van der Waals surface area contributed by atoms with Crippen molar-refractivity contribution in [1.29, 1.82) is 0 Å². The number of phenolic OH excluding ortho intramolecular Hbond substituents is 1. The summed E-state index contributed by atoms with van der Waals surface area (Å²) in [5.74, 6) is 1.69. The number of nitrogens with one attached hydrogen (secondary N) is 2. The Morgan fingerprint density at radius 2 is 1.66 bits per heavy atom. The Hall–Kier alpha value is -2.63. The number of para-hydroxylation sites is 1. The summed E-state index contributed by atoms with van der Waals surface area (Å²) in [6.07, 6.45) is 10.9. The molecule has 5 rings (SSSR count). The first-order valence-electron chi connectivity index (χ1n) is 13.6. The third-order valence-electron chi connectivity index (χ3n) is 6.44. The van der Waals surface area contributed by atoms with E-state index in [0.29, 0.717) is 37.2 Å². The van der Waals surface area contributed by atoms with Gasteiger partial charge in [0, 0.05) is 13.1 Å². The van der Waals surface area contributed by atoms with E-state index in [1.54, 1.807) is 18.4 Å². The van der Waals surface area contributed by atoms with Gasteiger partial charge in [0.05, 0.1) is 30.2 Å². The maximum atomic E-state index is 12.9. The molecule has 9 nitrogen and oxygen atoms in total. The summed E-state index contributed by atoms with van der Waals surface area (Å²) in [4.78, 5) is -0.117. The minimum Gasteiger partial charge on any atom is -0.504 e. The first kappa shape index (κ1) is 29.9.